The molecule has 3 atom stereocenters. The molecule has 1 saturated carbocycles. The number of likely N-dealkylation sites (tertiary alicyclic amines) is 1. The highest BCUT2D eigenvalue weighted by molar-refractivity contribution is 5.73. The molecular weight excluding hydrogens is 302 g/mol. The third-order valence-corrected chi connectivity index (χ3v) is 5.55. The Morgan fingerprint density at radius 2 is 1.92 bits per heavy atom. The van der Waals surface area contributed by atoms with Gasteiger partial charge in [0.2, 0.25) is 0 Å². The van der Waals surface area contributed by atoms with Gasteiger partial charge in [0.05, 0.1) is 12.7 Å². The second-order valence-electron chi connectivity index (χ2n) is 7.30. The Bertz CT molecular complexity index is 561. The molecule has 3 aliphatic rings. The summed E-state index contributed by atoms with van der Waals surface area (Å²) in [4.78, 5) is 14.5. The van der Waals surface area contributed by atoms with Crippen molar-refractivity contribution >= 4 is 6.03 Å². The molecule has 0 aromatic heterocycles. The summed E-state index contributed by atoms with van der Waals surface area (Å²) in [6.45, 7) is 3.30. The van der Waals surface area contributed by atoms with E-state index >= 15 is 0 Å². The Hall–Kier alpha value is -1.59. The lowest BCUT2D eigenvalue weighted by Gasteiger charge is -2.41. The van der Waals surface area contributed by atoms with E-state index in [4.69, 9.17) is 4.74 Å². The van der Waals surface area contributed by atoms with E-state index in [1.54, 1.807) is 0 Å². The number of ether oxygens (including phenoxy) is 1. The van der Waals surface area contributed by atoms with Crippen LogP contribution in [0.4, 0.5) is 4.79 Å². The van der Waals surface area contributed by atoms with Crippen LogP contribution in [0.5, 0.6) is 0 Å². The molecule has 2 N–H and O–H groups in total. The molecule has 2 aliphatic heterocycles. The smallest absolute Gasteiger partial charge is 0.314 e. The SMILES string of the molecule is O=C(NCC1CCN1C1CC1)NC[C@@H]1C[C@H](c2ccccc2)CO1. The van der Waals surface area contributed by atoms with E-state index in [1.165, 1.54) is 31.4 Å². The zero-order valence-electron chi connectivity index (χ0n) is 14.1. The predicted molar refractivity (Wildman–Crippen MR) is 93.1 cm³/mol. The number of carbonyl (C=O) groups is 1. The monoisotopic (exact) mass is 329 g/mol. The third-order valence-electron chi connectivity index (χ3n) is 5.55. The minimum Gasteiger partial charge on any atom is -0.376 e. The Kier molecular flexibility index (Phi) is 4.72. The molecule has 4 rings (SSSR count). The fraction of sp³-hybridized carbons (Fsp3) is 0.632. The molecule has 1 aromatic carbocycles. The number of rotatable bonds is 6. The predicted octanol–water partition coefficient (Wildman–Crippen LogP) is 2.09. The zero-order chi connectivity index (χ0) is 16.4. The average molecular weight is 329 g/mol. The van der Waals surface area contributed by atoms with Crippen LogP contribution in [0.2, 0.25) is 0 Å². The van der Waals surface area contributed by atoms with Crippen LogP contribution in [-0.4, -0.2) is 55.4 Å². The first-order chi connectivity index (χ1) is 11.8. The average Bonchev–Trinajstić information content (AvgIpc) is 3.28. The van der Waals surface area contributed by atoms with Gasteiger partial charge in [-0.05, 0) is 31.2 Å². The Balaban J connectivity index is 1.14. The lowest BCUT2D eigenvalue weighted by molar-refractivity contribution is 0.0817. The summed E-state index contributed by atoms with van der Waals surface area (Å²) in [5, 5.41) is 5.98. The number of carbonyl (C=O) groups excluding carboxylic acids is 1. The van der Waals surface area contributed by atoms with Crippen molar-refractivity contribution in [3.63, 3.8) is 0 Å². The van der Waals surface area contributed by atoms with Gasteiger partial charge in [0.1, 0.15) is 0 Å². The summed E-state index contributed by atoms with van der Waals surface area (Å²) in [7, 11) is 0. The van der Waals surface area contributed by atoms with E-state index in [1.807, 2.05) is 6.07 Å². The minimum absolute atomic E-state index is 0.0654. The van der Waals surface area contributed by atoms with Crippen LogP contribution in [0.1, 0.15) is 37.2 Å². The van der Waals surface area contributed by atoms with Crippen LogP contribution >= 0.6 is 0 Å². The molecule has 24 heavy (non-hydrogen) atoms. The molecule has 5 heteroatoms. The van der Waals surface area contributed by atoms with Crippen LogP contribution in [-0.2, 0) is 4.74 Å². The van der Waals surface area contributed by atoms with Crippen LogP contribution in [0, 0.1) is 0 Å². The molecule has 1 aromatic rings. The van der Waals surface area contributed by atoms with E-state index in [2.05, 4.69) is 39.8 Å². The molecule has 130 valence electrons. The second kappa shape index (κ2) is 7.11. The van der Waals surface area contributed by atoms with Gasteiger partial charge in [-0.1, -0.05) is 30.3 Å². The molecule has 3 fully saturated rings. The van der Waals surface area contributed by atoms with Crippen molar-refractivity contribution in [2.75, 3.05) is 26.2 Å². The van der Waals surface area contributed by atoms with Gasteiger partial charge in [0.25, 0.3) is 0 Å². The maximum absolute atomic E-state index is 12.0. The van der Waals surface area contributed by atoms with Crippen LogP contribution in [0.25, 0.3) is 0 Å². The molecule has 1 aliphatic carbocycles. The van der Waals surface area contributed by atoms with Gasteiger partial charge in [0.15, 0.2) is 0 Å². The van der Waals surface area contributed by atoms with Crippen molar-refractivity contribution in [1.82, 2.24) is 15.5 Å². The normalized spacial score (nSPS) is 29.9. The topological polar surface area (TPSA) is 53.6 Å². The summed E-state index contributed by atoms with van der Waals surface area (Å²) in [5.41, 5.74) is 1.33. The maximum Gasteiger partial charge on any atom is 0.314 e. The Morgan fingerprint density at radius 3 is 2.62 bits per heavy atom. The summed E-state index contributed by atoms with van der Waals surface area (Å²) in [6.07, 6.45) is 4.98. The maximum atomic E-state index is 12.0. The highest BCUT2D eigenvalue weighted by Gasteiger charge is 2.39. The molecule has 1 unspecified atom stereocenters. The molecule has 0 spiro atoms. The summed E-state index contributed by atoms with van der Waals surface area (Å²) in [6, 6.07) is 11.8. The van der Waals surface area contributed by atoms with Gasteiger partial charge >= 0.3 is 6.03 Å². The molecule has 5 nitrogen and oxygen atoms in total. The molecule has 2 amide bonds. The van der Waals surface area contributed by atoms with Crippen molar-refractivity contribution in [2.45, 2.75) is 49.8 Å². The van der Waals surface area contributed by atoms with Gasteiger partial charge in [0, 0.05) is 37.6 Å². The third kappa shape index (κ3) is 3.73. The highest BCUT2D eigenvalue weighted by atomic mass is 16.5. The lowest BCUT2D eigenvalue weighted by Crippen LogP contribution is -2.55. The van der Waals surface area contributed by atoms with E-state index in [0.717, 1.165) is 25.6 Å². The Morgan fingerprint density at radius 1 is 1.12 bits per heavy atom. The van der Waals surface area contributed by atoms with E-state index in [0.29, 0.717) is 18.5 Å². The number of nitrogens with one attached hydrogen (secondary N) is 2. The van der Waals surface area contributed by atoms with E-state index in [9.17, 15) is 4.79 Å². The second-order valence-corrected chi connectivity index (χ2v) is 7.30. The van der Waals surface area contributed by atoms with Crippen LogP contribution in [0.15, 0.2) is 30.3 Å². The van der Waals surface area contributed by atoms with Gasteiger partial charge in [-0.25, -0.2) is 4.79 Å². The lowest BCUT2D eigenvalue weighted by atomic mass is 9.96. The number of hydrogen-bond acceptors (Lipinski definition) is 3. The van der Waals surface area contributed by atoms with E-state index < -0.39 is 0 Å². The molecule has 2 heterocycles. The molecule has 2 saturated heterocycles. The van der Waals surface area contributed by atoms with Crippen LogP contribution in [0.3, 0.4) is 0 Å². The van der Waals surface area contributed by atoms with Gasteiger partial charge < -0.3 is 15.4 Å². The van der Waals surface area contributed by atoms with Crippen molar-refractivity contribution in [3.8, 4) is 0 Å². The van der Waals surface area contributed by atoms with Crippen molar-refractivity contribution in [1.29, 1.82) is 0 Å². The largest absolute Gasteiger partial charge is 0.376 e. The number of hydrogen-bond donors (Lipinski definition) is 2. The number of nitrogens with zero attached hydrogens (tertiary/aromatic N) is 1. The summed E-state index contributed by atoms with van der Waals surface area (Å²) >= 11 is 0. The van der Waals surface area contributed by atoms with Gasteiger partial charge in [-0.3, -0.25) is 4.90 Å². The minimum atomic E-state index is -0.0654. The first kappa shape index (κ1) is 15.9. The fourth-order valence-electron chi connectivity index (χ4n) is 3.85. The first-order valence-corrected chi connectivity index (χ1v) is 9.23. The first-order valence-electron chi connectivity index (χ1n) is 9.23. The number of benzene rings is 1. The fourth-order valence-corrected chi connectivity index (χ4v) is 3.85. The standard InChI is InChI=1S/C19H27N3O2/c23-19(20-11-17-8-9-22(17)16-6-7-16)21-12-18-10-15(13-24-18)14-4-2-1-3-5-14/h1-5,15-18H,6-13H2,(H2,20,21,23)/t15-,17?,18-/m0/s1. The van der Waals surface area contributed by atoms with Crippen molar-refractivity contribution < 1.29 is 9.53 Å². The quantitative estimate of drug-likeness (QED) is 0.840. The Labute approximate surface area is 143 Å². The van der Waals surface area contributed by atoms with Crippen molar-refractivity contribution in [2.24, 2.45) is 0 Å². The van der Waals surface area contributed by atoms with E-state index in [-0.39, 0.29) is 12.1 Å². The van der Waals surface area contributed by atoms with Crippen molar-refractivity contribution in [3.05, 3.63) is 35.9 Å². The molecular formula is C19H27N3O2. The number of urea groups is 1. The number of amides is 2. The molecule has 0 radical (unpaired) electrons. The molecule has 0 bridgehead atoms. The summed E-state index contributed by atoms with van der Waals surface area (Å²) < 4.78 is 5.83. The van der Waals surface area contributed by atoms with Crippen LogP contribution < -0.4 is 10.6 Å². The highest BCUT2D eigenvalue weighted by Crippen LogP contribution is 2.34. The van der Waals surface area contributed by atoms with Gasteiger partial charge in [-0.2, -0.15) is 0 Å². The zero-order valence-corrected chi connectivity index (χ0v) is 14.1. The summed E-state index contributed by atoms with van der Waals surface area (Å²) in [5.74, 6) is 0.447. The van der Waals surface area contributed by atoms with Gasteiger partial charge in [-0.15, -0.1) is 0 Å².